The van der Waals surface area contributed by atoms with Crippen LogP contribution in [0.4, 0.5) is 0 Å². The lowest BCUT2D eigenvalue weighted by Crippen LogP contribution is -2.41. The van der Waals surface area contributed by atoms with Gasteiger partial charge < -0.3 is 14.7 Å². The number of benzene rings is 1. The van der Waals surface area contributed by atoms with Gasteiger partial charge in [-0.15, -0.1) is 0 Å². The van der Waals surface area contributed by atoms with E-state index in [1.54, 1.807) is 4.90 Å². The van der Waals surface area contributed by atoms with E-state index < -0.39 is 5.97 Å². The summed E-state index contributed by atoms with van der Waals surface area (Å²) in [6.07, 6.45) is 1.68. The molecule has 27 heavy (non-hydrogen) atoms. The first-order chi connectivity index (χ1) is 13.0. The number of fused-ring (bicyclic) bond motifs is 1. The van der Waals surface area contributed by atoms with Crippen LogP contribution < -0.4 is 4.74 Å². The van der Waals surface area contributed by atoms with E-state index in [1.165, 1.54) is 10.7 Å². The highest BCUT2D eigenvalue weighted by molar-refractivity contribution is 5.96. The minimum atomic E-state index is -1.12. The summed E-state index contributed by atoms with van der Waals surface area (Å²) < 4.78 is 7.40. The Hall–Kier alpha value is -2.83. The van der Waals surface area contributed by atoms with Crippen LogP contribution in [0, 0.1) is 5.92 Å². The number of ether oxygens (including phenoxy) is 1. The van der Waals surface area contributed by atoms with E-state index in [1.807, 2.05) is 24.3 Å². The number of hydrogen-bond acceptors (Lipinski definition) is 4. The molecule has 0 aliphatic carbocycles. The van der Waals surface area contributed by atoms with Crippen LogP contribution in [0.15, 0.2) is 30.3 Å². The van der Waals surface area contributed by atoms with Crippen molar-refractivity contribution in [2.24, 2.45) is 5.92 Å². The van der Waals surface area contributed by atoms with Crippen molar-refractivity contribution in [1.29, 1.82) is 0 Å². The Balaban J connectivity index is 1.63. The Bertz CT molecular complexity index is 828. The molecule has 7 heteroatoms. The molecule has 1 aromatic heterocycles. The zero-order valence-electron chi connectivity index (χ0n) is 15.7. The van der Waals surface area contributed by atoms with E-state index in [4.69, 9.17) is 9.84 Å². The van der Waals surface area contributed by atoms with Crippen molar-refractivity contribution < 1.29 is 19.4 Å². The molecule has 0 radical (unpaired) electrons. The minimum absolute atomic E-state index is 0.0934. The lowest BCUT2D eigenvalue weighted by molar-refractivity contribution is 0.0678. The molecule has 0 saturated heterocycles. The topological polar surface area (TPSA) is 84.7 Å². The summed E-state index contributed by atoms with van der Waals surface area (Å²) in [6.45, 7) is 6.57. The summed E-state index contributed by atoms with van der Waals surface area (Å²) in [5, 5.41) is 13.0. The van der Waals surface area contributed by atoms with E-state index in [9.17, 15) is 9.59 Å². The molecule has 7 nitrogen and oxygen atoms in total. The molecule has 3 rings (SSSR count). The predicted octanol–water partition coefficient (Wildman–Crippen LogP) is 2.70. The number of carboxylic acids is 1. The van der Waals surface area contributed by atoms with E-state index in [0.29, 0.717) is 44.3 Å². The van der Waals surface area contributed by atoms with Crippen molar-refractivity contribution >= 4 is 11.9 Å². The van der Waals surface area contributed by atoms with Gasteiger partial charge in [-0.1, -0.05) is 32.0 Å². The van der Waals surface area contributed by atoms with Crippen molar-refractivity contribution in [1.82, 2.24) is 14.7 Å². The fourth-order valence-electron chi connectivity index (χ4n) is 3.07. The number of carbonyl (C=O) groups excluding carboxylic acids is 1. The molecule has 0 fully saturated rings. The van der Waals surface area contributed by atoms with Gasteiger partial charge in [-0.3, -0.25) is 9.48 Å². The van der Waals surface area contributed by atoms with Crippen molar-refractivity contribution in [2.75, 3.05) is 19.7 Å². The molecule has 1 amide bonds. The van der Waals surface area contributed by atoms with E-state index in [0.717, 1.165) is 17.7 Å². The fraction of sp³-hybridized carbons (Fsp3) is 0.450. The number of rotatable bonds is 8. The van der Waals surface area contributed by atoms with Gasteiger partial charge in [-0.05, 0) is 30.4 Å². The monoisotopic (exact) mass is 371 g/mol. The second kappa shape index (κ2) is 8.24. The number of nitrogens with zero attached hydrogens (tertiary/aromatic N) is 3. The molecule has 1 aliphatic rings. The minimum Gasteiger partial charge on any atom is -0.493 e. The normalized spacial score (nSPS) is 13.7. The van der Waals surface area contributed by atoms with Crippen molar-refractivity contribution in [3.63, 3.8) is 0 Å². The summed E-state index contributed by atoms with van der Waals surface area (Å²) in [6, 6.07) is 9.25. The van der Waals surface area contributed by atoms with Crippen molar-refractivity contribution in [3.05, 3.63) is 47.3 Å². The maximum atomic E-state index is 12.6. The molecule has 0 atom stereocenters. The Morgan fingerprint density at radius 2 is 2.07 bits per heavy atom. The summed E-state index contributed by atoms with van der Waals surface area (Å²) in [5.74, 6) is 0.146. The van der Waals surface area contributed by atoms with Gasteiger partial charge in [0.25, 0.3) is 5.91 Å². The lowest BCUT2D eigenvalue weighted by atomic mass is 10.1. The van der Waals surface area contributed by atoms with Gasteiger partial charge in [0, 0.05) is 19.2 Å². The second-order valence-electron chi connectivity index (χ2n) is 7.12. The largest absolute Gasteiger partial charge is 0.493 e. The molecule has 2 heterocycles. The number of aromatic nitrogens is 2. The third-order valence-electron chi connectivity index (χ3n) is 4.66. The Morgan fingerprint density at radius 3 is 2.81 bits per heavy atom. The molecule has 1 N–H and O–H groups in total. The van der Waals surface area contributed by atoms with Gasteiger partial charge in [0.15, 0.2) is 5.69 Å². The average molecular weight is 371 g/mol. The van der Waals surface area contributed by atoms with Crippen LogP contribution in [0.25, 0.3) is 0 Å². The number of carboxylic acid groups (broad SMARTS) is 1. The Morgan fingerprint density at radius 1 is 1.30 bits per heavy atom. The van der Waals surface area contributed by atoms with E-state index in [2.05, 4.69) is 18.9 Å². The highest BCUT2D eigenvalue weighted by Gasteiger charge is 2.27. The molecular weight excluding hydrogens is 346 g/mol. The molecule has 2 aromatic rings. The van der Waals surface area contributed by atoms with E-state index in [-0.39, 0.29) is 11.6 Å². The maximum absolute atomic E-state index is 12.6. The van der Waals surface area contributed by atoms with Gasteiger partial charge in [-0.2, -0.15) is 5.10 Å². The summed E-state index contributed by atoms with van der Waals surface area (Å²) in [5.41, 5.74) is 1.31. The highest BCUT2D eigenvalue weighted by atomic mass is 16.5. The molecule has 0 unspecified atom stereocenters. The molecule has 0 bridgehead atoms. The number of aromatic carboxylic acids is 1. The number of amides is 1. The number of carbonyl (C=O) groups is 2. The first-order valence-corrected chi connectivity index (χ1v) is 9.27. The van der Waals surface area contributed by atoms with Crippen LogP contribution in [0.1, 0.15) is 46.8 Å². The van der Waals surface area contributed by atoms with Gasteiger partial charge >= 0.3 is 5.97 Å². The summed E-state index contributed by atoms with van der Waals surface area (Å²) >= 11 is 0. The smallest absolute Gasteiger partial charge is 0.356 e. The quantitative estimate of drug-likeness (QED) is 0.771. The highest BCUT2D eigenvalue weighted by Crippen LogP contribution is 2.21. The molecule has 1 aromatic carbocycles. The van der Waals surface area contributed by atoms with Gasteiger partial charge in [-0.25, -0.2) is 4.79 Å². The van der Waals surface area contributed by atoms with Crippen LogP contribution in [0.3, 0.4) is 0 Å². The van der Waals surface area contributed by atoms with Crippen LogP contribution in [-0.4, -0.2) is 51.4 Å². The maximum Gasteiger partial charge on any atom is 0.356 e. The van der Waals surface area contributed by atoms with Crippen LogP contribution in [0.5, 0.6) is 5.75 Å². The molecule has 1 aliphatic heterocycles. The zero-order chi connectivity index (χ0) is 19.4. The SMILES string of the molecule is CC(C)CCOc1ccccc1CCN1CCn2nc(C(=O)O)cc2C1=O. The Labute approximate surface area is 158 Å². The van der Waals surface area contributed by atoms with Gasteiger partial charge in [0.1, 0.15) is 11.4 Å². The first kappa shape index (κ1) is 18.9. The predicted molar refractivity (Wildman–Crippen MR) is 100 cm³/mol. The van der Waals surface area contributed by atoms with Crippen molar-refractivity contribution in [2.45, 2.75) is 33.2 Å². The third-order valence-corrected chi connectivity index (χ3v) is 4.66. The van der Waals surface area contributed by atoms with E-state index >= 15 is 0 Å². The average Bonchev–Trinajstić information content (AvgIpc) is 3.07. The Kier molecular flexibility index (Phi) is 5.78. The van der Waals surface area contributed by atoms with Crippen LogP contribution in [0.2, 0.25) is 0 Å². The molecular formula is C20H25N3O4. The van der Waals surface area contributed by atoms with Crippen LogP contribution in [-0.2, 0) is 13.0 Å². The van der Waals surface area contributed by atoms with Gasteiger partial charge in [0.2, 0.25) is 0 Å². The zero-order valence-corrected chi connectivity index (χ0v) is 15.7. The standard InChI is InChI=1S/C20H25N3O4/c1-14(2)8-12-27-18-6-4-3-5-15(18)7-9-22-10-11-23-17(19(22)24)13-16(21-23)20(25)26/h3-6,13-14H,7-12H2,1-2H3,(H,25,26). The summed E-state index contributed by atoms with van der Waals surface area (Å²) in [4.78, 5) is 25.5. The third kappa shape index (κ3) is 4.48. The summed E-state index contributed by atoms with van der Waals surface area (Å²) in [7, 11) is 0. The number of para-hydroxylation sites is 1. The molecule has 0 saturated carbocycles. The van der Waals surface area contributed by atoms with Gasteiger partial charge in [0.05, 0.1) is 13.2 Å². The molecule has 0 spiro atoms. The van der Waals surface area contributed by atoms with Crippen molar-refractivity contribution in [3.8, 4) is 5.75 Å². The number of hydrogen-bond donors (Lipinski definition) is 1. The lowest BCUT2D eigenvalue weighted by Gasteiger charge is -2.27. The van der Waals surface area contributed by atoms with Crippen LogP contribution >= 0.6 is 0 Å². The second-order valence-corrected chi connectivity index (χ2v) is 7.12. The molecule has 144 valence electrons. The fourth-order valence-corrected chi connectivity index (χ4v) is 3.07. The first-order valence-electron chi connectivity index (χ1n) is 9.27.